The van der Waals surface area contributed by atoms with E-state index in [2.05, 4.69) is 5.32 Å². The third-order valence-electron chi connectivity index (χ3n) is 2.01. The molecule has 1 amide bonds. The summed E-state index contributed by atoms with van der Waals surface area (Å²) in [7, 11) is 1.56. The van der Waals surface area contributed by atoms with Crippen molar-refractivity contribution in [2.75, 3.05) is 19.8 Å². The number of rotatable bonds is 7. The second-order valence-electron chi connectivity index (χ2n) is 3.40. The molecular formula is C10H14ClNO4S2. The number of halogens is 1. The Hall–Kier alpha value is -0.630. The van der Waals surface area contributed by atoms with Crippen LogP contribution in [0.15, 0.2) is 16.3 Å². The highest BCUT2D eigenvalue weighted by molar-refractivity contribution is 8.15. The van der Waals surface area contributed by atoms with Gasteiger partial charge in [-0.2, -0.15) is 0 Å². The van der Waals surface area contributed by atoms with E-state index >= 15 is 0 Å². The number of ether oxygens (including phenoxy) is 1. The molecule has 102 valence electrons. The fourth-order valence-corrected chi connectivity index (χ4v) is 3.32. The van der Waals surface area contributed by atoms with Crippen LogP contribution in [0.1, 0.15) is 11.8 Å². The second-order valence-corrected chi connectivity index (χ2v) is 7.36. The van der Waals surface area contributed by atoms with Gasteiger partial charge in [0.25, 0.3) is 9.05 Å². The standard InChI is InChI=1S/C10H14ClNO4S2/c1-2-16-7-9(13)12-6-5-8-3-4-10(17-8)18(11,14)15/h3-4H,2,5-7H2,1H3,(H,12,13). The molecule has 0 spiro atoms. The molecule has 1 aromatic rings. The first-order valence-electron chi connectivity index (χ1n) is 5.31. The van der Waals surface area contributed by atoms with Crippen molar-refractivity contribution in [1.29, 1.82) is 0 Å². The lowest BCUT2D eigenvalue weighted by Gasteiger charge is -2.03. The highest BCUT2D eigenvalue weighted by Crippen LogP contribution is 2.24. The Balaban J connectivity index is 2.36. The lowest BCUT2D eigenvalue weighted by Crippen LogP contribution is -2.29. The molecule has 1 rings (SSSR count). The summed E-state index contributed by atoms with van der Waals surface area (Å²) in [6.45, 7) is 2.79. The quantitative estimate of drug-likeness (QED) is 0.772. The first kappa shape index (κ1) is 15.4. The Bertz CT molecular complexity index is 498. The number of carbonyl (C=O) groups is 1. The molecule has 5 nitrogen and oxygen atoms in total. The molecule has 18 heavy (non-hydrogen) atoms. The summed E-state index contributed by atoms with van der Waals surface area (Å²) >= 11 is 1.11. The number of nitrogens with one attached hydrogen (secondary N) is 1. The number of hydrogen-bond acceptors (Lipinski definition) is 5. The summed E-state index contributed by atoms with van der Waals surface area (Å²) in [5, 5.41) is 2.67. The third-order valence-corrected chi connectivity index (χ3v) is 5.25. The summed E-state index contributed by atoms with van der Waals surface area (Å²) in [5.74, 6) is -0.182. The van der Waals surface area contributed by atoms with Crippen molar-refractivity contribution in [2.24, 2.45) is 0 Å². The Morgan fingerprint density at radius 1 is 1.50 bits per heavy atom. The number of carbonyl (C=O) groups excluding carboxylic acids is 1. The Kier molecular flexibility index (Phi) is 6.07. The van der Waals surface area contributed by atoms with E-state index in [1.807, 2.05) is 6.92 Å². The Morgan fingerprint density at radius 2 is 2.22 bits per heavy atom. The van der Waals surface area contributed by atoms with Crippen LogP contribution in [0, 0.1) is 0 Å². The monoisotopic (exact) mass is 311 g/mol. The first-order chi connectivity index (χ1) is 8.43. The van der Waals surface area contributed by atoms with Crippen LogP contribution in [0.25, 0.3) is 0 Å². The number of amides is 1. The molecule has 1 aromatic heterocycles. The molecule has 0 unspecified atom stereocenters. The largest absolute Gasteiger partial charge is 0.372 e. The Morgan fingerprint density at radius 3 is 2.78 bits per heavy atom. The van der Waals surface area contributed by atoms with Gasteiger partial charge >= 0.3 is 0 Å². The molecule has 0 fully saturated rings. The molecule has 0 saturated heterocycles. The van der Waals surface area contributed by atoms with E-state index in [1.54, 1.807) is 6.07 Å². The average Bonchev–Trinajstić information content (AvgIpc) is 2.74. The van der Waals surface area contributed by atoms with Crippen molar-refractivity contribution in [3.8, 4) is 0 Å². The van der Waals surface area contributed by atoms with Crippen LogP contribution < -0.4 is 5.32 Å². The molecule has 1 heterocycles. The van der Waals surface area contributed by atoms with E-state index in [4.69, 9.17) is 15.4 Å². The maximum Gasteiger partial charge on any atom is 0.270 e. The molecule has 0 radical (unpaired) electrons. The van der Waals surface area contributed by atoms with Gasteiger partial charge in [-0.15, -0.1) is 11.3 Å². The third kappa shape index (κ3) is 5.34. The van der Waals surface area contributed by atoms with E-state index < -0.39 is 9.05 Å². The normalized spacial score (nSPS) is 11.4. The van der Waals surface area contributed by atoms with Crippen LogP contribution >= 0.6 is 22.0 Å². The van der Waals surface area contributed by atoms with Crippen LogP contribution in [0.3, 0.4) is 0 Å². The van der Waals surface area contributed by atoms with Gasteiger partial charge in [0.1, 0.15) is 10.8 Å². The summed E-state index contributed by atoms with van der Waals surface area (Å²) in [5.41, 5.74) is 0. The van der Waals surface area contributed by atoms with Crippen LogP contribution in [0.5, 0.6) is 0 Å². The predicted octanol–water partition coefficient (Wildman–Crippen LogP) is 1.37. The minimum Gasteiger partial charge on any atom is -0.372 e. The zero-order chi connectivity index (χ0) is 13.6. The molecule has 0 aliphatic carbocycles. The molecule has 0 aromatic carbocycles. The van der Waals surface area contributed by atoms with E-state index in [-0.39, 0.29) is 16.7 Å². The Labute approximate surface area is 115 Å². The zero-order valence-electron chi connectivity index (χ0n) is 9.81. The number of thiophene rings is 1. The van der Waals surface area contributed by atoms with Crippen molar-refractivity contribution >= 4 is 37.0 Å². The molecule has 1 N–H and O–H groups in total. The van der Waals surface area contributed by atoms with Gasteiger partial charge in [-0.25, -0.2) is 8.42 Å². The van der Waals surface area contributed by atoms with Crippen molar-refractivity contribution in [3.63, 3.8) is 0 Å². The van der Waals surface area contributed by atoms with Gasteiger partial charge in [0, 0.05) is 28.7 Å². The highest BCUT2D eigenvalue weighted by atomic mass is 35.7. The molecule has 0 aliphatic rings. The maximum absolute atomic E-state index is 11.2. The maximum atomic E-state index is 11.2. The van der Waals surface area contributed by atoms with Gasteiger partial charge in [-0.1, -0.05) is 0 Å². The van der Waals surface area contributed by atoms with Crippen molar-refractivity contribution in [2.45, 2.75) is 17.6 Å². The van der Waals surface area contributed by atoms with Crippen molar-refractivity contribution < 1.29 is 17.9 Å². The lowest BCUT2D eigenvalue weighted by molar-refractivity contribution is -0.125. The fourth-order valence-electron chi connectivity index (χ4n) is 1.19. The molecule has 0 saturated carbocycles. The zero-order valence-corrected chi connectivity index (χ0v) is 12.2. The highest BCUT2D eigenvalue weighted by Gasteiger charge is 2.12. The number of hydrogen-bond donors (Lipinski definition) is 1. The van der Waals surface area contributed by atoms with Gasteiger partial charge in [-0.05, 0) is 25.5 Å². The van der Waals surface area contributed by atoms with Crippen LogP contribution in [0.2, 0.25) is 0 Å². The average molecular weight is 312 g/mol. The second kappa shape index (κ2) is 7.08. The summed E-state index contributed by atoms with van der Waals surface area (Å²) < 4.78 is 27.1. The van der Waals surface area contributed by atoms with Crippen LogP contribution in [-0.4, -0.2) is 34.1 Å². The molecule has 8 heteroatoms. The molecular weight excluding hydrogens is 298 g/mol. The summed E-state index contributed by atoms with van der Waals surface area (Å²) in [6, 6.07) is 3.15. The van der Waals surface area contributed by atoms with E-state index in [1.165, 1.54) is 6.07 Å². The van der Waals surface area contributed by atoms with E-state index in [0.29, 0.717) is 19.6 Å². The molecule has 0 bridgehead atoms. The van der Waals surface area contributed by atoms with Gasteiger partial charge in [-0.3, -0.25) is 4.79 Å². The molecule has 0 atom stereocenters. The van der Waals surface area contributed by atoms with Gasteiger partial charge in [0.15, 0.2) is 0 Å². The van der Waals surface area contributed by atoms with Crippen molar-refractivity contribution in [3.05, 3.63) is 17.0 Å². The van der Waals surface area contributed by atoms with Crippen LogP contribution in [0.4, 0.5) is 0 Å². The topological polar surface area (TPSA) is 72.5 Å². The van der Waals surface area contributed by atoms with E-state index in [9.17, 15) is 13.2 Å². The fraction of sp³-hybridized carbons (Fsp3) is 0.500. The van der Waals surface area contributed by atoms with Crippen molar-refractivity contribution in [1.82, 2.24) is 5.32 Å². The molecule has 0 aliphatic heterocycles. The van der Waals surface area contributed by atoms with Gasteiger partial charge in [0.2, 0.25) is 5.91 Å². The predicted molar refractivity (Wildman–Crippen MR) is 70.6 cm³/mol. The van der Waals surface area contributed by atoms with Gasteiger partial charge < -0.3 is 10.1 Å². The van der Waals surface area contributed by atoms with E-state index in [0.717, 1.165) is 16.2 Å². The summed E-state index contributed by atoms with van der Waals surface area (Å²) in [6.07, 6.45) is 0.564. The first-order valence-corrected chi connectivity index (χ1v) is 8.44. The van der Waals surface area contributed by atoms with Crippen LogP contribution in [-0.2, 0) is 25.0 Å². The smallest absolute Gasteiger partial charge is 0.270 e. The minimum atomic E-state index is -3.65. The summed E-state index contributed by atoms with van der Waals surface area (Å²) in [4.78, 5) is 12.1. The SMILES string of the molecule is CCOCC(=O)NCCc1ccc(S(=O)(=O)Cl)s1. The minimum absolute atomic E-state index is 0.0439. The lowest BCUT2D eigenvalue weighted by atomic mass is 10.3. The van der Waals surface area contributed by atoms with Gasteiger partial charge in [0.05, 0.1) is 0 Å².